The smallest absolute Gasteiger partial charge is 0.265 e. The summed E-state index contributed by atoms with van der Waals surface area (Å²) in [5.41, 5.74) is 6.57. The third-order valence-corrected chi connectivity index (χ3v) is 3.99. The highest BCUT2D eigenvalue weighted by molar-refractivity contribution is 7.18. The number of nitrogens with zero attached hydrogens (tertiary/aromatic N) is 4. The normalized spacial score (nSPS) is 10.4. The summed E-state index contributed by atoms with van der Waals surface area (Å²) in [5, 5.41) is 3.53. The van der Waals surface area contributed by atoms with Gasteiger partial charge >= 0.3 is 0 Å². The number of carbonyl (C=O) groups is 1. The first-order valence-electron chi connectivity index (χ1n) is 6.62. The molecule has 0 saturated carbocycles. The fraction of sp³-hybridized carbons (Fsp3) is 0.385. The zero-order valence-corrected chi connectivity index (χ0v) is 12.9. The summed E-state index contributed by atoms with van der Waals surface area (Å²) < 4.78 is 0. The van der Waals surface area contributed by atoms with E-state index in [0.717, 1.165) is 23.8 Å². The van der Waals surface area contributed by atoms with Crippen molar-refractivity contribution in [3.05, 3.63) is 29.2 Å². The quantitative estimate of drug-likeness (QED) is 0.834. The van der Waals surface area contributed by atoms with Crippen LogP contribution in [-0.2, 0) is 6.54 Å². The summed E-state index contributed by atoms with van der Waals surface area (Å²) in [4.78, 5) is 26.7. The summed E-state index contributed by atoms with van der Waals surface area (Å²) >= 11 is 1.30. The molecule has 0 unspecified atom stereocenters. The maximum absolute atomic E-state index is 12.2. The molecular weight excluding hydrogens is 288 g/mol. The van der Waals surface area contributed by atoms with Crippen LogP contribution < -0.4 is 16.0 Å². The SMILES string of the molecule is CCCN(C)c1nc(N)c(C(=O)NCc2ccncn2)s1. The minimum absolute atomic E-state index is 0.236. The average Bonchev–Trinajstić information content (AvgIpc) is 2.88. The van der Waals surface area contributed by atoms with Gasteiger partial charge in [0.15, 0.2) is 5.13 Å². The maximum Gasteiger partial charge on any atom is 0.265 e. The van der Waals surface area contributed by atoms with Gasteiger partial charge in [-0.3, -0.25) is 4.79 Å². The molecule has 0 fully saturated rings. The minimum atomic E-state index is -0.236. The zero-order chi connectivity index (χ0) is 15.2. The maximum atomic E-state index is 12.2. The van der Waals surface area contributed by atoms with E-state index in [-0.39, 0.29) is 11.7 Å². The van der Waals surface area contributed by atoms with Gasteiger partial charge in [0.2, 0.25) is 0 Å². The number of hydrogen-bond donors (Lipinski definition) is 2. The average molecular weight is 306 g/mol. The topological polar surface area (TPSA) is 97.0 Å². The predicted molar refractivity (Wildman–Crippen MR) is 83.3 cm³/mol. The second kappa shape index (κ2) is 6.98. The van der Waals surface area contributed by atoms with Crippen molar-refractivity contribution in [1.82, 2.24) is 20.3 Å². The minimum Gasteiger partial charge on any atom is -0.382 e. The molecule has 0 aliphatic rings. The van der Waals surface area contributed by atoms with Crippen LogP contribution in [-0.4, -0.2) is 34.5 Å². The molecule has 0 aliphatic heterocycles. The molecule has 0 aliphatic carbocycles. The fourth-order valence-electron chi connectivity index (χ4n) is 1.75. The summed E-state index contributed by atoms with van der Waals surface area (Å²) in [6.45, 7) is 3.29. The van der Waals surface area contributed by atoms with Crippen molar-refractivity contribution in [1.29, 1.82) is 0 Å². The first-order chi connectivity index (χ1) is 10.1. The van der Waals surface area contributed by atoms with Crippen molar-refractivity contribution >= 4 is 28.2 Å². The van der Waals surface area contributed by atoms with Crippen LogP contribution in [0, 0.1) is 0 Å². The monoisotopic (exact) mass is 306 g/mol. The summed E-state index contributed by atoms with van der Waals surface area (Å²) in [6, 6.07) is 1.75. The lowest BCUT2D eigenvalue weighted by Gasteiger charge is -2.13. The van der Waals surface area contributed by atoms with Gasteiger partial charge in [0.1, 0.15) is 17.0 Å². The van der Waals surface area contributed by atoms with Crippen molar-refractivity contribution in [2.24, 2.45) is 0 Å². The second-order valence-electron chi connectivity index (χ2n) is 4.52. The Bertz CT molecular complexity index is 600. The van der Waals surface area contributed by atoms with Crippen LogP contribution in [0.5, 0.6) is 0 Å². The van der Waals surface area contributed by atoms with Gasteiger partial charge in [-0.15, -0.1) is 0 Å². The Balaban J connectivity index is 2.02. The zero-order valence-electron chi connectivity index (χ0n) is 12.0. The lowest BCUT2D eigenvalue weighted by atomic mass is 10.4. The van der Waals surface area contributed by atoms with E-state index in [1.54, 1.807) is 12.3 Å². The third-order valence-electron chi connectivity index (χ3n) is 2.81. The largest absolute Gasteiger partial charge is 0.382 e. The van der Waals surface area contributed by atoms with Gasteiger partial charge in [-0.25, -0.2) is 15.0 Å². The Morgan fingerprint density at radius 1 is 1.52 bits per heavy atom. The van der Waals surface area contributed by atoms with Crippen LogP contribution in [0.15, 0.2) is 18.6 Å². The fourth-order valence-corrected chi connectivity index (χ4v) is 2.64. The Kier molecular flexibility index (Phi) is 5.04. The lowest BCUT2D eigenvalue weighted by molar-refractivity contribution is 0.0955. The Morgan fingerprint density at radius 2 is 2.33 bits per heavy atom. The van der Waals surface area contributed by atoms with Crippen molar-refractivity contribution in [2.45, 2.75) is 19.9 Å². The molecule has 0 atom stereocenters. The molecule has 2 heterocycles. The van der Waals surface area contributed by atoms with Crippen LogP contribution in [0.2, 0.25) is 0 Å². The number of hydrogen-bond acceptors (Lipinski definition) is 7. The number of nitrogen functional groups attached to an aromatic ring is 1. The Morgan fingerprint density at radius 3 is 3.00 bits per heavy atom. The van der Waals surface area contributed by atoms with Gasteiger partial charge in [-0.2, -0.15) is 0 Å². The number of carbonyl (C=O) groups excluding carboxylic acids is 1. The van der Waals surface area contributed by atoms with Crippen LogP contribution in [0.4, 0.5) is 10.9 Å². The summed E-state index contributed by atoms with van der Waals surface area (Å²) in [6.07, 6.45) is 4.08. The van der Waals surface area contributed by atoms with Crippen molar-refractivity contribution in [3.63, 3.8) is 0 Å². The van der Waals surface area contributed by atoms with E-state index < -0.39 is 0 Å². The summed E-state index contributed by atoms with van der Waals surface area (Å²) in [5.74, 6) is 0.0258. The predicted octanol–water partition coefficient (Wildman–Crippen LogP) is 1.29. The molecule has 8 heteroatoms. The molecule has 2 rings (SSSR count). The highest BCUT2D eigenvalue weighted by atomic mass is 32.1. The van der Waals surface area contributed by atoms with Crippen LogP contribution in [0.3, 0.4) is 0 Å². The van der Waals surface area contributed by atoms with E-state index in [1.807, 2.05) is 11.9 Å². The van der Waals surface area contributed by atoms with Gasteiger partial charge in [0.25, 0.3) is 5.91 Å². The van der Waals surface area contributed by atoms with Gasteiger partial charge in [-0.05, 0) is 12.5 Å². The number of anilines is 2. The third kappa shape index (κ3) is 3.88. The number of nitrogens with one attached hydrogen (secondary N) is 1. The van der Waals surface area contributed by atoms with E-state index in [2.05, 4.69) is 27.2 Å². The van der Waals surface area contributed by atoms with E-state index in [1.165, 1.54) is 17.7 Å². The molecule has 0 spiro atoms. The van der Waals surface area contributed by atoms with E-state index >= 15 is 0 Å². The molecule has 2 aromatic heterocycles. The first-order valence-corrected chi connectivity index (χ1v) is 7.44. The molecule has 7 nitrogen and oxygen atoms in total. The van der Waals surface area contributed by atoms with Gasteiger partial charge in [0, 0.05) is 19.8 Å². The molecule has 21 heavy (non-hydrogen) atoms. The number of nitrogens with two attached hydrogens (primary N) is 1. The molecule has 0 bridgehead atoms. The number of aromatic nitrogens is 3. The van der Waals surface area contributed by atoms with Gasteiger partial charge in [0.05, 0.1) is 12.2 Å². The van der Waals surface area contributed by atoms with E-state index in [0.29, 0.717) is 11.4 Å². The molecule has 3 N–H and O–H groups in total. The van der Waals surface area contributed by atoms with E-state index in [4.69, 9.17) is 5.73 Å². The van der Waals surface area contributed by atoms with Gasteiger partial charge in [-0.1, -0.05) is 18.3 Å². The van der Waals surface area contributed by atoms with Crippen molar-refractivity contribution < 1.29 is 4.79 Å². The number of rotatable bonds is 6. The lowest BCUT2D eigenvalue weighted by Crippen LogP contribution is -2.23. The molecular formula is C13H18N6OS. The Hall–Kier alpha value is -2.22. The second-order valence-corrected chi connectivity index (χ2v) is 5.49. The summed E-state index contributed by atoms with van der Waals surface area (Å²) in [7, 11) is 1.93. The highest BCUT2D eigenvalue weighted by Gasteiger charge is 2.17. The molecule has 2 aromatic rings. The highest BCUT2D eigenvalue weighted by Crippen LogP contribution is 2.27. The number of amides is 1. The molecule has 0 aromatic carbocycles. The standard InChI is InChI=1S/C13H18N6OS/c1-3-6-19(2)13-18-11(14)10(21-13)12(20)16-7-9-4-5-15-8-17-9/h4-5,8H,3,6-7,14H2,1-2H3,(H,16,20). The van der Waals surface area contributed by atoms with E-state index in [9.17, 15) is 4.79 Å². The van der Waals surface area contributed by atoms with Crippen molar-refractivity contribution in [3.8, 4) is 0 Å². The number of thiazole rings is 1. The van der Waals surface area contributed by atoms with Crippen LogP contribution in [0.25, 0.3) is 0 Å². The molecule has 112 valence electrons. The molecule has 1 amide bonds. The molecule has 0 radical (unpaired) electrons. The van der Waals surface area contributed by atoms with Gasteiger partial charge < -0.3 is 16.0 Å². The van der Waals surface area contributed by atoms with Crippen molar-refractivity contribution in [2.75, 3.05) is 24.2 Å². The van der Waals surface area contributed by atoms with Crippen LogP contribution in [0.1, 0.15) is 28.7 Å². The van der Waals surface area contributed by atoms with Crippen LogP contribution >= 0.6 is 11.3 Å². The first kappa shape index (κ1) is 15.2. The Labute approximate surface area is 127 Å². The molecule has 0 saturated heterocycles.